The summed E-state index contributed by atoms with van der Waals surface area (Å²) in [5.41, 5.74) is 0.171. The van der Waals surface area contributed by atoms with Gasteiger partial charge in [-0.15, -0.1) is 0 Å². The first-order chi connectivity index (χ1) is 4.70. The van der Waals surface area contributed by atoms with Gasteiger partial charge in [0.15, 0.2) is 0 Å². The van der Waals surface area contributed by atoms with E-state index >= 15 is 0 Å². The first kappa shape index (κ1) is 8.02. The van der Waals surface area contributed by atoms with E-state index in [1.807, 2.05) is 0 Å². The number of likely N-dealkylation sites (tertiary alicyclic amines) is 1. The van der Waals surface area contributed by atoms with Gasteiger partial charge < -0.3 is 4.74 Å². The SMILES string of the molecule is CCOC1(C)CN(CC)C1. The Morgan fingerprint density at radius 1 is 1.40 bits per heavy atom. The highest BCUT2D eigenvalue weighted by Crippen LogP contribution is 2.23. The second-order valence-corrected chi connectivity index (χ2v) is 3.19. The molecule has 1 saturated heterocycles. The fourth-order valence-electron chi connectivity index (χ4n) is 1.56. The summed E-state index contributed by atoms with van der Waals surface area (Å²) in [6, 6.07) is 0. The van der Waals surface area contributed by atoms with Crippen molar-refractivity contribution < 1.29 is 4.74 Å². The maximum atomic E-state index is 5.56. The Kier molecular flexibility index (Phi) is 2.32. The van der Waals surface area contributed by atoms with Gasteiger partial charge in [-0.25, -0.2) is 0 Å². The molecule has 0 spiro atoms. The van der Waals surface area contributed by atoms with Gasteiger partial charge >= 0.3 is 0 Å². The van der Waals surface area contributed by atoms with Crippen LogP contribution in [0.2, 0.25) is 0 Å². The lowest BCUT2D eigenvalue weighted by Gasteiger charge is -2.47. The van der Waals surface area contributed by atoms with Crippen molar-refractivity contribution >= 4 is 0 Å². The normalized spacial score (nSPS) is 24.3. The van der Waals surface area contributed by atoms with Crippen LogP contribution in [0.15, 0.2) is 0 Å². The summed E-state index contributed by atoms with van der Waals surface area (Å²) in [7, 11) is 0. The molecular weight excluding hydrogens is 126 g/mol. The second kappa shape index (κ2) is 2.89. The van der Waals surface area contributed by atoms with E-state index in [0.717, 1.165) is 26.2 Å². The lowest BCUT2D eigenvalue weighted by molar-refractivity contribution is -0.126. The van der Waals surface area contributed by atoms with E-state index in [9.17, 15) is 0 Å². The van der Waals surface area contributed by atoms with Crippen LogP contribution in [0.1, 0.15) is 20.8 Å². The Morgan fingerprint density at radius 2 is 2.00 bits per heavy atom. The minimum atomic E-state index is 0.171. The lowest BCUT2D eigenvalue weighted by atomic mass is 9.97. The molecule has 0 bridgehead atoms. The molecule has 10 heavy (non-hydrogen) atoms. The number of hydrogen-bond acceptors (Lipinski definition) is 2. The Bertz CT molecular complexity index is 108. The Labute approximate surface area is 63.2 Å². The summed E-state index contributed by atoms with van der Waals surface area (Å²) in [5.74, 6) is 0. The highest BCUT2D eigenvalue weighted by Gasteiger charge is 2.37. The van der Waals surface area contributed by atoms with E-state index in [2.05, 4.69) is 25.7 Å². The van der Waals surface area contributed by atoms with Crippen LogP contribution in [0, 0.1) is 0 Å². The maximum absolute atomic E-state index is 5.56. The van der Waals surface area contributed by atoms with Crippen LogP contribution in [-0.4, -0.2) is 36.7 Å². The summed E-state index contributed by atoms with van der Waals surface area (Å²) < 4.78 is 5.56. The molecule has 60 valence electrons. The fraction of sp³-hybridized carbons (Fsp3) is 1.00. The van der Waals surface area contributed by atoms with Crippen LogP contribution in [0.3, 0.4) is 0 Å². The van der Waals surface area contributed by atoms with Gasteiger partial charge in [-0.05, 0) is 20.4 Å². The van der Waals surface area contributed by atoms with Gasteiger partial charge in [0.05, 0.1) is 5.60 Å². The molecule has 1 heterocycles. The van der Waals surface area contributed by atoms with Crippen molar-refractivity contribution in [1.82, 2.24) is 4.90 Å². The standard InChI is InChI=1S/C8H17NO/c1-4-9-6-8(3,7-9)10-5-2/h4-7H2,1-3H3. The van der Waals surface area contributed by atoms with E-state index in [-0.39, 0.29) is 5.60 Å². The molecule has 0 aliphatic carbocycles. The molecule has 2 nitrogen and oxygen atoms in total. The van der Waals surface area contributed by atoms with Gasteiger partial charge in [0.1, 0.15) is 0 Å². The Morgan fingerprint density at radius 3 is 2.40 bits per heavy atom. The molecule has 1 fully saturated rings. The van der Waals surface area contributed by atoms with Gasteiger partial charge in [0.2, 0.25) is 0 Å². The van der Waals surface area contributed by atoms with Gasteiger partial charge in [0.25, 0.3) is 0 Å². The van der Waals surface area contributed by atoms with Crippen molar-refractivity contribution in [2.75, 3.05) is 26.2 Å². The van der Waals surface area contributed by atoms with E-state index in [0.29, 0.717) is 0 Å². The second-order valence-electron chi connectivity index (χ2n) is 3.19. The van der Waals surface area contributed by atoms with Gasteiger partial charge in [0, 0.05) is 19.7 Å². The highest BCUT2D eigenvalue weighted by atomic mass is 16.5. The smallest absolute Gasteiger partial charge is 0.0906 e. The molecular formula is C8H17NO. The van der Waals surface area contributed by atoms with Crippen molar-refractivity contribution in [1.29, 1.82) is 0 Å². The molecule has 1 rings (SSSR count). The molecule has 2 heteroatoms. The van der Waals surface area contributed by atoms with Crippen LogP contribution in [0.4, 0.5) is 0 Å². The maximum Gasteiger partial charge on any atom is 0.0906 e. The topological polar surface area (TPSA) is 12.5 Å². The van der Waals surface area contributed by atoms with E-state index in [1.165, 1.54) is 0 Å². The molecule has 0 N–H and O–H groups in total. The van der Waals surface area contributed by atoms with Crippen LogP contribution in [-0.2, 0) is 4.74 Å². The zero-order valence-electron chi connectivity index (χ0n) is 7.18. The molecule has 0 amide bonds. The lowest BCUT2D eigenvalue weighted by Crippen LogP contribution is -2.61. The minimum absolute atomic E-state index is 0.171. The third-order valence-corrected chi connectivity index (χ3v) is 2.06. The van der Waals surface area contributed by atoms with Crippen molar-refractivity contribution in [3.63, 3.8) is 0 Å². The largest absolute Gasteiger partial charge is 0.373 e. The summed E-state index contributed by atoms with van der Waals surface area (Å²) >= 11 is 0. The van der Waals surface area contributed by atoms with Crippen molar-refractivity contribution in [2.24, 2.45) is 0 Å². The summed E-state index contributed by atoms with van der Waals surface area (Å²) in [4.78, 5) is 2.38. The summed E-state index contributed by atoms with van der Waals surface area (Å²) in [6.07, 6.45) is 0. The molecule has 0 radical (unpaired) electrons. The predicted octanol–water partition coefficient (Wildman–Crippen LogP) is 1.12. The number of ether oxygens (including phenoxy) is 1. The molecule has 0 aromatic heterocycles. The van der Waals surface area contributed by atoms with E-state index < -0.39 is 0 Å². The Balaban J connectivity index is 2.20. The van der Waals surface area contributed by atoms with Crippen molar-refractivity contribution in [2.45, 2.75) is 26.4 Å². The molecule has 0 unspecified atom stereocenters. The highest BCUT2D eigenvalue weighted by molar-refractivity contribution is 4.92. The zero-order chi connectivity index (χ0) is 7.61. The van der Waals surface area contributed by atoms with Crippen LogP contribution < -0.4 is 0 Å². The molecule has 0 aromatic rings. The first-order valence-electron chi connectivity index (χ1n) is 4.06. The van der Waals surface area contributed by atoms with Crippen LogP contribution in [0.25, 0.3) is 0 Å². The van der Waals surface area contributed by atoms with Gasteiger partial charge in [-0.1, -0.05) is 6.92 Å². The predicted molar refractivity (Wildman–Crippen MR) is 42.1 cm³/mol. The first-order valence-corrected chi connectivity index (χ1v) is 4.06. The van der Waals surface area contributed by atoms with Crippen LogP contribution in [0.5, 0.6) is 0 Å². The fourth-order valence-corrected chi connectivity index (χ4v) is 1.56. The van der Waals surface area contributed by atoms with Gasteiger partial charge in [-0.2, -0.15) is 0 Å². The summed E-state index contributed by atoms with van der Waals surface area (Å²) in [6.45, 7) is 10.6. The third kappa shape index (κ3) is 1.50. The van der Waals surface area contributed by atoms with Crippen molar-refractivity contribution in [3.8, 4) is 0 Å². The molecule has 0 aromatic carbocycles. The number of likely N-dealkylation sites (N-methyl/N-ethyl adjacent to an activating group) is 1. The Hall–Kier alpha value is -0.0800. The minimum Gasteiger partial charge on any atom is -0.373 e. The average molecular weight is 143 g/mol. The average Bonchev–Trinajstić information content (AvgIpc) is 1.83. The third-order valence-electron chi connectivity index (χ3n) is 2.06. The number of hydrogen-bond donors (Lipinski definition) is 0. The zero-order valence-corrected chi connectivity index (χ0v) is 7.18. The van der Waals surface area contributed by atoms with Gasteiger partial charge in [-0.3, -0.25) is 4.90 Å². The number of nitrogens with zero attached hydrogens (tertiary/aromatic N) is 1. The quantitative estimate of drug-likeness (QED) is 0.587. The number of rotatable bonds is 3. The monoisotopic (exact) mass is 143 g/mol. The molecule has 1 aliphatic heterocycles. The van der Waals surface area contributed by atoms with Crippen molar-refractivity contribution in [3.05, 3.63) is 0 Å². The molecule has 0 saturated carbocycles. The summed E-state index contributed by atoms with van der Waals surface area (Å²) in [5, 5.41) is 0. The van der Waals surface area contributed by atoms with Crippen LogP contribution >= 0.6 is 0 Å². The molecule has 0 atom stereocenters. The molecule has 1 aliphatic rings. The van der Waals surface area contributed by atoms with E-state index in [1.54, 1.807) is 0 Å². The van der Waals surface area contributed by atoms with E-state index in [4.69, 9.17) is 4.74 Å².